The van der Waals surface area contributed by atoms with E-state index in [1.54, 1.807) is 29.3 Å². The lowest BCUT2D eigenvalue weighted by atomic mass is 10.3. The summed E-state index contributed by atoms with van der Waals surface area (Å²) in [4.78, 5) is 8.19. The van der Waals surface area contributed by atoms with Gasteiger partial charge in [0.25, 0.3) is 0 Å². The monoisotopic (exact) mass is 225 g/mol. The quantitative estimate of drug-likeness (QED) is 0.796. The first kappa shape index (κ1) is 9.97. The van der Waals surface area contributed by atoms with E-state index in [0.29, 0.717) is 17.3 Å². The summed E-state index contributed by atoms with van der Waals surface area (Å²) in [7, 11) is 0. The van der Waals surface area contributed by atoms with Gasteiger partial charge in [-0.3, -0.25) is 14.6 Å². The molecular formula is C12H11N5. The number of rotatable bonds is 3. The van der Waals surface area contributed by atoms with Crippen molar-refractivity contribution in [1.29, 1.82) is 5.26 Å². The van der Waals surface area contributed by atoms with Gasteiger partial charge in [0.1, 0.15) is 23.2 Å². The van der Waals surface area contributed by atoms with Crippen LogP contribution >= 0.6 is 0 Å². The molecular weight excluding hydrogens is 214 g/mol. The summed E-state index contributed by atoms with van der Waals surface area (Å²) in [5.74, 6) is 0.691. The Kier molecular flexibility index (Phi) is 2.33. The normalized spacial score (nSPS) is 14.5. The third-order valence-corrected chi connectivity index (χ3v) is 2.85. The molecule has 2 heterocycles. The van der Waals surface area contributed by atoms with Gasteiger partial charge in [0.2, 0.25) is 0 Å². The van der Waals surface area contributed by atoms with E-state index < -0.39 is 0 Å². The van der Waals surface area contributed by atoms with E-state index in [-0.39, 0.29) is 0 Å². The van der Waals surface area contributed by atoms with Gasteiger partial charge in [-0.1, -0.05) is 0 Å². The molecule has 2 aromatic heterocycles. The van der Waals surface area contributed by atoms with E-state index in [4.69, 9.17) is 5.26 Å². The minimum atomic E-state index is 0.595. The van der Waals surface area contributed by atoms with Crippen molar-refractivity contribution in [3.8, 4) is 17.5 Å². The zero-order valence-electron chi connectivity index (χ0n) is 9.24. The van der Waals surface area contributed by atoms with Crippen molar-refractivity contribution >= 4 is 0 Å². The van der Waals surface area contributed by atoms with Gasteiger partial charge in [-0.25, -0.2) is 0 Å². The lowest BCUT2D eigenvalue weighted by molar-refractivity contribution is 0.559. The van der Waals surface area contributed by atoms with Crippen LogP contribution in [0.2, 0.25) is 0 Å². The molecule has 0 spiro atoms. The van der Waals surface area contributed by atoms with Crippen LogP contribution in [0.3, 0.4) is 0 Å². The topological polar surface area (TPSA) is 67.4 Å². The molecule has 17 heavy (non-hydrogen) atoms. The molecule has 0 saturated heterocycles. The molecule has 0 amide bonds. The van der Waals surface area contributed by atoms with Crippen LogP contribution in [0.25, 0.3) is 11.4 Å². The number of nitrogens with zero attached hydrogens (tertiary/aromatic N) is 5. The maximum atomic E-state index is 9.07. The van der Waals surface area contributed by atoms with E-state index >= 15 is 0 Å². The smallest absolute Gasteiger partial charge is 0.139 e. The highest BCUT2D eigenvalue weighted by atomic mass is 15.3. The third kappa shape index (κ3) is 2.02. The molecule has 0 radical (unpaired) electrons. The molecule has 5 heteroatoms. The SMILES string of the molecule is N#Cc1cc(-c2cnccn2)nn1CC1CC1. The minimum absolute atomic E-state index is 0.595. The first-order valence-electron chi connectivity index (χ1n) is 5.61. The van der Waals surface area contributed by atoms with E-state index in [1.807, 2.05) is 0 Å². The lowest BCUT2D eigenvalue weighted by Crippen LogP contribution is -2.04. The summed E-state index contributed by atoms with van der Waals surface area (Å²) < 4.78 is 1.78. The highest BCUT2D eigenvalue weighted by Gasteiger charge is 2.23. The van der Waals surface area contributed by atoms with Crippen LogP contribution in [0.15, 0.2) is 24.7 Å². The second-order valence-electron chi connectivity index (χ2n) is 4.24. The molecule has 0 bridgehead atoms. The Morgan fingerprint density at radius 2 is 2.24 bits per heavy atom. The number of hydrogen-bond acceptors (Lipinski definition) is 4. The Bertz CT molecular complexity index is 562. The van der Waals surface area contributed by atoms with Crippen LogP contribution in [0, 0.1) is 17.2 Å². The van der Waals surface area contributed by atoms with E-state index in [1.165, 1.54) is 12.8 Å². The first-order valence-corrected chi connectivity index (χ1v) is 5.61. The average Bonchev–Trinajstić information content (AvgIpc) is 3.09. The van der Waals surface area contributed by atoms with E-state index in [9.17, 15) is 0 Å². The Morgan fingerprint density at radius 1 is 1.35 bits per heavy atom. The molecule has 5 nitrogen and oxygen atoms in total. The summed E-state index contributed by atoms with van der Waals surface area (Å²) in [5, 5.41) is 13.5. The fraction of sp³-hybridized carbons (Fsp3) is 0.333. The minimum Gasteiger partial charge on any atom is -0.261 e. The van der Waals surface area contributed by atoms with Crippen molar-refractivity contribution in [2.24, 2.45) is 5.92 Å². The molecule has 0 atom stereocenters. The van der Waals surface area contributed by atoms with Crippen molar-refractivity contribution in [3.05, 3.63) is 30.4 Å². The van der Waals surface area contributed by atoms with Crippen LogP contribution in [0.5, 0.6) is 0 Å². The van der Waals surface area contributed by atoms with Gasteiger partial charge in [0.05, 0.1) is 6.20 Å². The van der Waals surface area contributed by atoms with Crippen LogP contribution in [-0.2, 0) is 6.54 Å². The fourth-order valence-corrected chi connectivity index (χ4v) is 1.75. The Hall–Kier alpha value is -2.22. The van der Waals surface area contributed by atoms with Crippen LogP contribution in [0.4, 0.5) is 0 Å². The lowest BCUT2D eigenvalue weighted by Gasteiger charge is -1.99. The molecule has 1 aliphatic rings. The molecule has 2 aromatic rings. The molecule has 0 aliphatic heterocycles. The summed E-state index contributed by atoms with van der Waals surface area (Å²) in [5.41, 5.74) is 2.02. The fourth-order valence-electron chi connectivity index (χ4n) is 1.75. The van der Waals surface area contributed by atoms with Crippen LogP contribution < -0.4 is 0 Å². The molecule has 0 N–H and O–H groups in total. The van der Waals surface area contributed by atoms with Crippen molar-refractivity contribution in [1.82, 2.24) is 19.7 Å². The van der Waals surface area contributed by atoms with Gasteiger partial charge in [-0.15, -0.1) is 0 Å². The molecule has 3 rings (SSSR count). The molecule has 0 aromatic carbocycles. The number of nitriles is 1. The summed E-state index contributed by atoms with van der Waals surface area (Å²) in [6, 6.07) is 3.94. The Labute approximate surface area is 98.7 Å². The summed E-state index contributed by atoms with van der Waals surface area (Å²) in [6.45, 7) is 0.836. The summed E-state index contributed by atoms with van der Waals surface area (Å²) >= 11 is 0. The van der Waals surface area contributed by atoms with Gasteiger partial charge in [0, 0.05) is 25.0 Å². The summed E-state index contributed by atoms with van der Waals surface area (Å²) in [6.07, 6.45) is 7.39. The average molecular weight is 225 g/mol. The van der Waals surface area contributed by atoms with Crippen molar-refractivity contribution in [3.63, 3.8) is 0 Å². The predicted octanol–water partition coefficient (Wildman–Crippen LogP) is 1.62. The standard InChI is InChI=1S/C12H11N5/c13-6-10-5-11(12-7-14-3-4-15-12)16-17(10)8-9-1-2-9/h3-5,7,9H,1-2,8H2. The van der Waals surface area contributed by atoms with Crippen LogP contribution in [0.1, 0.15) is 18.5 Å². The van der Waals surface area contributed by atoms with Crippen molar-refractivity contribution in [2.75, 3.05) is 0 Å². The first-order chi connectivity index (χ1) is 8.36. The maximum absolute atomic E-state index is 9.07. The Morgan fingerprint density at radius 3 is 2.88 bits per heavy atom. The third-order valence-electron chi connectivity index (χ3n) is 2.85. The zero-order chi connectivity index (χ0) is 11.7. The van der Waals surface area contributed by atoms with Gasteiger partial charge in [-0.2, -0.15) is 10.4 Å². The number of hydrogen-bond donors (Lipinski definition) is 0. The predicted molar refractivity (Wildman–Crippen MR) is 60.7 cm³/mol. The van der Waals surface area contributed by atoms with E-state index in [2.05, 4.69) is 21.1 Å². The zero-order valence-corrected chi connectivity index (χ0v) is 9.24. The van der Waals surface area contributed by atoms with E-state index in [0.717, 1.165) is 12.2 Å². The molecule has 0 unspecified atom stereocenters. The Balaban J connectivity index is 1.96. The van der Waals surface area contributed by atoms with Gasteiger partial charge < -0.3 is 0 Å². The second kappa shape index (κ2) is 3.98. The highest BCUT2D eigenvalue weighted by Crippen LogP contribution is 2.31. The van der Waals surface area contributed by atoms with Crippen LogP contribution in [-0.4, -0.2) is 19.7 Å². The van der Waals surface area contributed by atoms with Crippen molar-refractivity contribution in [2.45, 2.75) is 19.4 Å². The molecule has 1 fully saturated rings. The second-order valence-corrected chi connectivity index (χ2v) is 4.24. The molecule has 1 saturated carbocycles. The van der Waals surface area contributed by atoms with Gasteiger partial charge in [0.15, 0.2) is 0 Å². The van der Waals surface area contributed by atoms with Crippen molar-refractivity contribution < 1.29 is 0 Å². The van der Waals surface area contributed by atoms with Gasteiger partial charge >= 0.3 is 0 Å². The van der Waals surface area contributed by atoms with Gasteiger partial charge in [-0.05, 0) is 18.8 Å². The molecule has 84 valence electrons. The largest absolute Gasteiger partial charge is 0.261 e. The highest BCUT2D eigenvalue weighted by molar-refractivity contribution is 5.54. The molecule has 1 aliphatic carbocycles. The maximum Gasteiger partial charge on any atom is 0.139 e. The number of aromatic nitrogens is 4.